The van der Waals surface area contributed by atoms with Crippen molar-refractivity contribution < 1.29 is 0 Å². The van der Waals surface area contributed by atoms with Gasteiger partial charge in [0.1, 0.15) is 11.7 Å². The molecule has 1 aliphatic carbocycles. The van der Waals surface area contributed by atoms with E-state index in [1.54, 1.807) is 6.20 Å². The number of rotatable bonds is 1. The first kappa shape index (κ1) is 12.2. The lowest BCUT2D eigenvalue weighted by atomic mass is 9.84. The highest BCUT2D eigenvalue weighted by molar-refractivity contribution is 7.71. The molecule has 6 heteroatoms. The quantitative estimate of drug-likeness (QED) is 0.785. The molecule has 2 aromatic rings. The van der Waals surface area contributed by atoms with E-state index in [0.717, 1.165) is 18.4 Å². The smallest absolute Gasteiger partial charge is 0.317 e. The van der Waals surface area contributed by atoms with Gasteiger partial charge in [-0.25, -0.2) is 4.79 Å². The second kappa shape index (κ2) is 4.67. The summed E-state index contributed by atoms with van der Waals surface area (Å²) >= 11 is 4.97. The zero-order valence-corrected chi connectivity index (χ0v) is 11.2. The molecule has 1 saturated carbocycles. The van der Waals surface area contributed by atoms with E-state index in [2.05, 4.69) is 16.0 Å². The summed E-state index contributed by atoms with van der Waals surface area (Å²) in [6.45, 7) is 0. The van der Waals surface area contributed by atoms with Crippen molar-refractivity contribution in [2.45, 2.75) is 38.0 Å². The van der Waals surface area contributed by atoms with Crippen molar-refractivity contribution in [2.24, 2.45) is 0 Å². The molecule has 19 heavy (non-hydrogen) atoms. The highest BCUT2D eigenvalue weighted by Crippen LogP contribution is 2.35. The first-order chi connectivity index (χ1) is 9.20. The third-order valence-electron chi connectivity index (χ3n) is 3.86. The fraction of sp³-hybridized carbons (Fsp3) is 0.462. The van der Waals surface area contributed by atoms with E-state index < -0.39 is 0 Å². The summed E-state index contributed by atoms with van der Waals surface area (Å²) in [6, 6.07) is 2.22. The van der Waals surface area contributed by atoms with E-state index in [4.69, 9.17) is 12.2 Å². The van der Waals surface area contributed by atoms with Crippen LogP contribution in [0.1, 0.15) is 49.1 Å². The Bertz CT molecular complexity index is 771. The van der Waals surface area contributed by atoms with Crippen molar-refractivity contribution in [3.8, 4) is 6.07 Å². The first-order valence-corrected chi connectivity index (χ1v) is 6.89. The summed E-state index contributed by atoms with van der Waals surface area (Å²) in [5.41, 5.74) is 1.75. The van der Waals surface area contributed by atoms with E-state index in [-0.39, 0.29) is 10.5 Å². The maximum Gasteiger partial charge on any atom is 0.333 e. The average Bonchev–Trinajstić information content (AvgIpc) is 2.78. The van der Waals surface area contributed by atoms with Gasteiger partial charge in [0.05, 0.1) is 5.56 Å². The fourth-order valence-corrected chi connectivity index (χ4v) is 3.13. The van der Waals surface area contributed by atoms with Crippen LogP contribution in [0.15, 0.2) is 11.0 Å². The predicted octanol–water partition coefficient (Wildman–Crippen LogP) is 2.60. The number of fused-ring (bicyclic) bond motifs is 1. The van der Waals surface area contributed by atoms with Crippen LogP contribution in [0.4, 0.5) is 0 Å². The van der Waals surface area contributed by atoms with Gasteiger partial charge in [-0.05, 0) is 36.5 Å². The molecular formula is C13H14N4OS. The van der Waals surface area contributed by atoms with Gasteiger partial charge in [-0.2, -0.15) is 5.26 Å². The molecule has 2 aromatic heterocycles. The number of hydrogen-bond acceptors (Lipinski definition) is 3. The van der Waals surface area contributed by atoms with Crippen LogP contribution in [0.5, 0.6) is 0 Å². The van der Waals surface area contributed by atoms with Crippen molar-refractivity contribution >= 4 is 17.9 Å². The molecule has 1 fully saturated rings. The van der Waals surface area contributed by atoms with Crippen LogP contribution in [0.2, 0.25) is 0 Å². The van der Waals surface area contributed by atoms with Crippen LogP contribution in [0, 0.1) is 16.1 Å². The molecule has 2 N–H and O–H groups in total. The van der Waals surface area contributed by atoms with Crippen LogP contribution in [0.3, 0.4) is 0 Å². The molecule has 0 atom stereocenters. The van der Waals surface area contributed by atoms with E-state index in [9.17, 15) is 10.1 Å². The van der Waals surface area contributed by atoms with E-state index in [0.29, 0.717) is 17.1 Å². The summed E-state index contributed by atoms with van der Waals surface area (Å²) in [7, 11) is 0. The van der Waals surface area contributed by atoms with Crippen LogP contribution in [-0.2, 0) is 0 Å². The van der Waals surface area contributed by atoms with Crippen LogP contribution in [0.25, 0.3) is 5.65 Å². The molecule has 0 aliphatic heterocycles. The maximum atomic E-state index is 11.9. The molecule has 0 unspecified atom stereocenters. The van der Waals surface area contributed by atoms with Gasteiger partial charge >= 0.3 is 5.69 Å². The molecule has 5 nitrogen and oxygen atoms in total. The first-order valence-electron chi connectivity index (χ1n) is 6.48. The van der Waals surface area contributed by atoms with Gasteiger partial charge in [0.15, 0.2) is 4.77 Å². The fourth-order valence-electron chi connectivity index (χ4n) is 2.95. The SMILES string of the molecule is N#Cc1c(C2CCCCC2)cn2c(=O)[nH]c(=S)[nH]c12. The molecule has 1 aliphatic rings. The Labute approximate surface area is 114 Å². The van der Waals surface area contributed by atoms with Crippen LogP contribution >= 0.6 is 12.2 Å². The molecule has 0 saturated heterocycles. The Morgan fingerprint density at radius 3 is 2.74 bits per heavy atom. The van der Waals surface area contributed by atoms with Crippen molar-refractivity contribution in [2.75, 3.05) is 0 Å². The second-order valence-corrected chi connectivity index (χ2v) is 5.42. The lowest BCUT2D eigenvalue weighted by Crippen LogP contribution is -2.16. The zero-order chi connectivity index (χ0) is 13.4. The standard InChI is InChI=1S/C13H14N4OS/c14-6-9-10(8-4-2-1-3-5-8)7-17-11(9)15-12(19)16-13(17)18/h7-8H,1-5H2,(H2,15,16,18,19). The molecule has 98 valence electrons. The largest absolute Gasteiger partial charge is 0.333 e. The summed E-state index contributed by atoms with van der Waals surface area (Å²) in [6.07, 6.45) is 7.60. The van der Waals surface area contributed by atoms with Crippen molar-refractivity contribution in [3.63, 3.8) is 0 Å². The van der Waals surface area contributed by atoms with Gasteiger partial charge in [0.25, 0.3) is 0 Å². The normalized spacial score (nSPS) is 16.6. The summed E-state index contributed by atoms with van der Waals surface area (Å²) in [5.74, 6) is 0.379. The lowest BCUT2D eigenvalue weighted by molar-refractivity contribution is 0.443. The number of nitriles is 1. The predicted molar refractivity (Wildman–Crippen MR) is 73.7 cm³/mol. The highest BCUT2D eigenvalue weighted by atomic mass is 32.1. The molecule has 0 radical (unpaired) electrons. The minimum absolute atomic E-state index is 0.252. The number of hydrogen-bond donors (Lipinski definition) is 2. The lowest BCUT2D eigenvalue weighted by Gasteiger charge is -2.20. The number of nitrogens with zero attached hydrogens (tertiary/aromatic N) is 2. The topological polar surface area (TPSA) is 76.8 Å². The number of aromatic amines is 2. The minimum Gasteiger partial charge on any atom is -0.317 e. The summed E-state index contributed by atoms with van der Waals surface area (Å²) in [5, 5.41) is 9.39. The third kappa shape index (κ3) is 2.00. The Kier molecular flexibility index (Phi) is 2.99. The van der Waals surface area contributed by atoms with Gasteiger partial charge in [-0.1, -0.05) is 19.3 Å². The van der Waals surface area contributed by atoms with Gasteiger partial charge in [-0.15, -0.1) is 0 Å². The Morgan fingerprint density at radius 2 is 2.05 bits per heavy atom. The van der Waals surface area contributed by atoms with Crippen molar-refractivity contribution in [3.05, 3.63) is 32.6 Å². The van der Waals surface area contributed by atoms with E-state index in [1.807, 2.05) is 0 Å². The number of nitrogens with one attached hydrogen (secondary N) is 2. The van der Waals surface area contributed by atoms with Crippen molar-refractivity contribution in [1.82, 2.24) is 14.4 Å². The van der Waals surface area contributed by atoms with Gasteiger partial charge in [-0.3, -0.25) is 9.38 Å². The van der Waals surface area contributed by atoms with Crippen molar-refractivity contribution in [1.29, 1.82) is 5.26 Å². The van der Waals surface area contributed by atoms with Gasteiger partial charge < -0.3 is 4.98 Å². The second-order valence-electron chi connectivity index (χ2n) is 5.01. The summed E-state index contributed by atoms with van der Waals surface area (Å²) < 4.78 is 1.71. The Morgan fingerprint density at radius 1 is 1.32 bits per heavy atom. The third-order valence-corrected chi connectivity index (χ3v) is 4.07. The van der Waals surface area contributed by atoms with E-state index >= 15 is 0 Å². The van der Waals surface area contributed by atoms with Crippen LogP contribution < -0.4 is 5.69 Å². The average molecular weight is 274 g/mol. The molecule has 3 rings (SSSR count). The highest BCUT2D eigenvalue weighted by Gasteiger charge is 2.22. The molecular weight excluding hydrogens is 260 g/mol. The monoisotopic (exact) mass is 274 g/mol. The number of H-pyrrole nitrogens is 2. The van der Waals surface area contributed by atoms with E-state index in [1.165, 1.54) is 23.7 Å². The Hall–Kier alpha value is -1.87. The number of aromatic nitrogens is 3. The Balaban J connectivity index is 2.25. The molecule has 0 bridgehead atoms. The zero-order valence-electron chi connectivity index (χ0n) is 10.4. The maximum absolute atomic E-state index is 11.9. The molecule has 0 amide bonds. The van der Waals surface area contributed by atoms with Crippen LogP contribution in [-0.4, -0.2) is 14.4 Å². The molecule has 0 spiro atoms. The molecule has 0 aromatic carbocycles. The molecule has 2 heterocycles. The van der Waals surface area contributed by atoms with Gasteiger partial charge in [0, 0.05) is 6.20 Å². The minimum atomic E-state index is -0.294. The van der Waals surface area contributed by atoms with Gasteiger partial charge in [0.2, 0.25) is 0 Å². The summed E-state index contributed by atoms with van der Waals surface area (Å²) in [4.78, 5) is 17.3.